The molecule has 8 nitrogen and oxygen atoms in total. The van der Waals surface area contributed by atoms with Crippen molar-refractivity contribution in [3.05, 3.63) is 42.1 Å². The van der Waals surface area contributed by atoms with Crippen LogP contribution in [0.2, 0.25) is 0 Å². The lowest BCUT2D eigenvalue weighted by atomic mass is 10.3. The van der Waals surface area contributed by atoms with Crippen molar-refractivity contribution in [1.29, 1.82) is 0 Å². The highest BCUT2D eigenvalue weighted by atomic mass is 16.5. The molecular formula is C20H26N6O2. The molecule has 2 aromatic rings. The molecule has 1 aromatic heterocycles. The van der Waals surface area contributed by atoms with Crippen LogP contribution >= 0.6 is 0 Å². The van der Waals surface area contributed by atoms with E-state index in [9.17, 15) is 4.79 Å². The van der Waals surface area contributed by atoms with E-state index in [0.29, 0.717) is 26.2 Å². The minimum Gasteiger partial charge on any atom is -0.378 e. The van der Waals surface area contributed by atoms with Crippen LogP contribution in [0.1, 0.15) is 5.69 Å². The number of hydrogen-bond acceptors (Lipinski definition) is 6. The summed E-state index contributed by atoms with van der Waals surface area (Å²) in [7, 11) is 0. The molecule has 0 spiro atoms. The van der Waals surface area contributed by atoms with E-state index < -0.39 is 0 Å². The van der Waals surface area contributed by atoms with Crippen LogP contribution in [0, 0.1) is 6.92 Å². The number of piperazine rings is 1. The Kier molecular flexibility index (Phi) is 5.57. The molecule has 0 radical (unpaired) electrons. The number of aryl methyl sites for hydroxylation is 1. The van der Waals surface area contributed by atoms with E-state index >= 15 is 0 Å². The van der Waals surface area contributed by atoms with Gasteiger partial charge in [-0.25, -0.2) is 9.78 Å². The molecule has 148 valence electrons. The van der Waals surface area contributed by atoms with Crippen LogP contribution in [0.5, 0.6) is 0 Å². The first-order valence-corrected chi connectivity index (χ1v) is 9.73. The van der Waals surface area contributed by atoms with E-state index in [1.54, 1.807) is 0 Å². The number of urea groups is 1. The number of anilines is 3. The zero-order valence-corrected chi connectivity index (χ0v) is 16.2. The molecule has 0 saturated carbocycles. The molecule has 1 N–H and O–H groups in total. The number of amides is 2. The van der Waals surface area contributed by atoms with Gasteiger partial charge in [0.15, 0.2) is 0 Å². The Bertz CT molecular complexity index is 802. The molecule has 2 aliphatic heterocycles. The van der Waals surface area contributed by atoms with Crippen molar-refractivity contribution < 1.29 is 9.53 Å². The maximum absolute atomic E-state index is 12.5. The summed E-state index contributed by atoms with van der Waals surface area (Å²) in [6.45, 7) is 7.88. The fourth-order valence-electron chi connectivity index (χ4n) is 3.47. The molecule has 28 heavy (non-hydrogen) atoms. The highest BCUT2D eigenvalue weighted by Crippen LogP contribution is 2.20. The Morgan fingerprint density at radius 3 is 2.39 bits per heavy atom. The Morgan fingerprint density at radius 2 is 1.68 bits per heavy atom. The molecule has 2 fully saturated rings. The minimum absolute atomic E-state index is 0.0648. The van der Waals surface area contributed by atoms with Crippen LogP contribution in [-0.4, -0.2) is 73.4 Å². The molecule has 2 aliphatic rings. The van der Waals surface area contributed by atoms with Gasteiger partial charge in [-0.05, 0) is 19.1 Å². The summed E-state index contributed by atoms with van der Waals surface area (Å²) >= 11 is 0. The molecule has 8 heteroatoms. The maximum Gasteiger partial charge on any atom is 0.321 e. The maximum atomic E-state index is 12.5. The first-order valence-electron chi connectivity index (χ1n) is 9.73. The van der Waals surface area contributed by atoms with Crippen LogP contribution in [0.25, 0.3) is 0 Å². The lowest BCUT2D eigenvalue weighted by Gasteiger charge is -2.35. The largest absolute Gasteiger partial charge is 0.378 e. The fourth-order valence-corrected chi connectivity index (χ4v) is 3.47. The number of para-hydroxylation sites is 1. The molecule has 1 aromatic carbocycles. The molecule has 0 bridgehead atoms. The summed E-state index contributed by atoms with van der Waals surface area (Å²) in [5, 5.41) is 2.95. The van der Waals surface area contributed by atoms with Crippen molar-refractivity contribution in [3.8, 4) is 0 Å². The van der Waals surface area contributed by atoms with Gasteiger partial charge in [0.05, 0.1) is 13.2 Å². The number of rotatable bonds is 3. The van der Waals surface area contributed by atoms with Gasteiger partial charge in [0.25, 0.3) is 0 Å². The lowest BCUT2D eigenvalue weighted by molar-refractivity contribution is 0.122. The SMILES string of the molecule is Cc1cc(N2CCOCC2)nc(N2CCN(C(=O)Nc3ccccc3)CC2)n1. The number of benzene rings is 1. The Hall–Kier alpha value is -2.87. The summed E-state index contributed by atoms with van der Waals surface area (Å²) in [5.74, 6) is 1.69. The number of carbonyl (C=O) groups is 1. The smallest absolute Gasteiger partial charge is 0.321 e. The van der Waals surface area contributed by atoms with Crippen molar-refractivity contribution in [1.82, 2.24) is 14.9 Å². The molecule has 0 unspecified atom stereocenters. The Balaban J connectivity index is 1.38. The van der Waals surface area contributed by atoms with Gasteiger partial charge in [-0.1, -0.05) is 18.2 Å². The van der Waals surface area contributed by atoms with Gasteiger partial charge in [-0.15, -0.1) is 0 Å². The summed E-state index contributed by atoms with van der Waals surface area (Å²) < 4.78 is 5.44. The molecule has 0 atom stereocenters. The van der Waals surface area contributed by atoms with Crippen molar-refractivity contribution in [2.45, 2.75) is 6.92 Å². The second-order valence-electron chi connectivity index (χ2n) is 7.04. The topological polar surface area (TPSA) is 73.8 Å². The van der Waals surface area contributed by atoms with E-state index in [0.717, 1.165) is 49.5 Å². The summed E-state index contributed by atoms with van der Waals surface area (Å²) in [5.41, 5.74) is 1.77. The van der Waals surface area contributed by atoms with Crippen LogP contribution in [-0.2, 0) is 4.74 Å². The van der Waals surface area contributed by atoms with E-state index in [2.05, 4.69) is 20.1 Å². The van der Waals surface area contributed by atoms with E-state index in [1.807, 2.05) is 48.2 Å². The molecule has 0 aliphatic carbocycles. The predicted molar refractivity (Wildman–Crippen MR) is 109 cm³/mol. The van der Waals surface area contributed by atoms with Gasteiger partial charge in [-0.2, -0.15) is 4.98 Å². The molecular weight excluding hydrogens is 356 g/mol. The quantitative estimate of drug-likeness (QED) is 0.875. The number of nitrogens with one attached hydrogen (secondary N) is 1. The number of ether oxygens (including phenoxy) is 1. The monoisotopic (exact) mass is 382 g/mol. The average Bonchev–Trinajstić information content (AvgIpc) is 2.75. The van der Waals surface area contributed by atoms with Gasteiger partial charge < -0.3 is 24.8 Å². The third-order valence-electron chi connectivity index (χ3n) is 5.04. The van der Waals surface area contributed by atoms with Gasteiger partial charge in [0.2, 0.25) is 5.95 Å². The Labute approximate surface area is 165 Å². The summed E-state index contributed by atoms with van der Waals surface area (Å²) in [6.07, 6.45) is 0. The molecule has 2 amide bonds. The normalized spacial score (nSPS) is 17.5. The van der Waals surface area contributed by atoms with Gasteiger partial charge >= 0.3 is 6.03 Å². The second kappa shape index (κ2) is 8.43. The third-order valence-corrected chi connectivity index (χ3v) is 5.04. The van der Waals surface area contributed by atoms with Gasteiger partial charge in [0, 0.05) is 56.7 Å². The fraction of sp³-hybridized carbons (Fsp3) is 0.450. The van der Waals surface area contributed by atoms with Crippen molar-refractivity contribution >= 4 is 23.5 Å². The third kappa shape index (κ3) is 4.33. The van der Waals surface area contributed by atoms with Crippen molar-refractivity contribution in [2.24, 2.45) is 0 Å². The number of morpholine rings is 1. The minimum atomic E-state index is -0.0648. The first kappa shape index (κ1) is 18.5. The van der Waals surface area contributed by atoms with Crippen LogP contribution in [0.15, 0.2) is 36.4 Å². The van der Waals surface area contributed by atoms with Crippen LogP contribution in [0.3, 0.4) is 0 Å². The zero-order chi connectivity index (χ0) is 19.3. The highest BCUT2D eigenvalue weighted by Gasteiger charge is 2.24. The van der Waals surface area contributed by atoms with E-state index in [1.165, 1.54) is 0 Å². The standard InChI is InChI=1S/C20H26N6O2/c1-16-15-18(24-11-13-28-14-12-24)23-19(21-16)25-7-9-26(10-8-25)20(27)22-17-5-3-2-4-6-17/h2-6,15H,7-14H2,1H3,(H,22,27). The highest BCUT2D eigenvalue weighted by molar-refractivity contribution is 5.89. The Morgan fingerprint density at radius 1 is 0.964 bits per heavy atom. The molecule has 2 saturated heterocycles. The van der Waals surface area contributed by atoms with Crippen LogP contribution < -0.4 is 15.1 Å². The lowest BCUT2D eigenvalue weighted by Crippen LogP contribution is -2.50. The zero-order valence-electron chi connectivity index (χ0n) is 16.2. The number of nitrogens with zero attached hydrogens (tertiary/aromatic N) is 5. The number of aromatic nitrogens is 2. The second-order valence-corrected chi connectivity index (χ2v) is 7.04. The summed E-state index contributed by atoms with van der Waals surface area (Å²) in [4.78, 5) is 28.1. The first-order chi connectivity index (χ1) is 13.7. The van der Waals surface area contributed by atoms with E-state index in [4.69, 9.17) is 9.72 Å². The predicted octanol–water partition coefficient (Wildman–Crippen LogP) is 1.98. The van der Waals surface area contributed by atoms with Crippen LogP contribution in [0.4, 0.5) is 22.2 Å². The van der Waals surface area contributed by atoms with E-state index in [-0.39, 0.29) is 6.03 Å². The van der Waals surface area contributed by atoms with Gasteiger partial charge in [0.1, 0.15) is 5.82 Å². The number of hydrogen-bond donors (Lipinski definition) is 1. The molecule has 4 rings (SSSR count). The average molecular weight is 382 g/mol. The molecule has 3 heterocycles. The van der Waals surface area contributed by atoms with Crippen molar-refractivity contribution in [3.63, 3.8) is 0 Å². The summed E-state index contributed by atoms with van der Waals surface area (Å²) in [6, 6.07) is 11.5. The van der Waals surface area contributed by atoms with Gasteiger partial charge in [-0.3, -0.25) is 0 Å². The number of carbonyl (C=O) groups excluding carboxylic acids is 1. The van der Waals surface area contributed by atoms with Crippen molar-refractivity contribution in [2.75, 3.05) is 67.6 Å².